The molecule has 2 aromatic carbocycles. The van der Waals surface area contributed by atoms with Crippen molar-refractivity contribution in [3.8, 4) is 0 Å². The summed E-state index contributed by atoms with van der Waals surface area (Å²) in [5, 5.41) is 6.02. The number of para-hydroxylation sites is 1. The molecule has 126 valence electrons. The molecule has 0 unspecified atom stereocenters. The van der Waals surface area contributed by atoms with Gasteiger partial charge in [0.1, 0.15) is 0 Å². The van der Waals surface area contributed by atoms with Crippen molar-refractivity contribution in [3.05, 3.63) is 76.0 Å². The number of amides is 1. The Balaban J connectivity index is 1.71. The number of benzene rings is 2. The Morgan fingerprint density at radius 1 is 0.960 bits per heavy atom. The number of anilines is 3. The molecule has 0 saturated heterocycles. The van der Waals surface area contributed by atoms with Crippen LogP contribution in [0.3, 0.4) is 0 Å². The van der Waals surface area contributed by atoms with Crippen LogP contribution in [0.5, 0.6) is 0 Å². The Kier molecular flexibility index (Phi) is 5.09. The van der Waals surface area contributed by atoms with Gasteiger partial charge in [0.2, 0.25) is 5.95 Å². The standard InChI is InChI=1S/C19H17BrN4O/c1-12-4-3-5-13(2)17(12)24-18(25)14-10-21-19(22-11-14)23-16-8-6-15(20)7-9-16/h3-11H,1-2H3,(H,24,25)(H,21,22,23). The van der Waals surface area contributed by atoms with Crippen molar-refractivity contribution >= 4 is 39.2 Å². The molecule has 0 radical (unpaired) electrons. The summed E-state index contributed by atoms with van der Waals surface area (Å²) in [7, 11) is 0. The number of hydrogen-bond acceptors (Lipinski definition) is 4. The zero-order valence-corrected chi connectivity index (χ0v) is 15.5. The number of nitrogens with one attached hydrogen (secondary N) is 2. The third kappa shape index (κ3) is 4.22. The minimum Gasteiger partial charge on any atom is -0.324 e. The van der Waals surface area contributed by atoms with E-state index < -0.39 is 0 Å². The van der Waals surface area contributed by atoms with Crippen LogP contribution in [-0.4, -0.2) is 15.9 Å². The molecule has 0 aliphatic carbocycles. The molecule has 1 amide bonds. The summed E-state index contributed by atoms with van der Waals surface area (Å²) in [6, 6.07) is 13.6. The van der Waals surface area contributed by atoms with Gasteiger partial charge in [0, 0.05) is 28.2 Å². The lowest BCUT2D eigenvalue weighted by atomic mass is 10.1. The summed E-state index contributed by atoms with van der Waals surface area (Å²) in [5.74, 6) is 0.207. The van der Waals surface area contributed by atoms with Crippen LogP contribution in [0, 0.1) is 13.8 Å². The van der Waals surface area contributed by atoms with E-state index in [1.54, 1.807) is 0 Å². The van der Waals surface area contributed by atoms with Crippen LogP contribution in [0.2, 0.25) is 0 Å². The molecular formula is C19H17BrN4O. The number of carbonyl (C=O) groups is 1. The molecule has 0 bridgehead atoms. The van der Waals surface area contributed by atoms with E-state index in [1.165, 1.54) is 12.4 Å². The maximum Gasteiger partial charge on any atom is 0.258 e. The van der Waals surface area contributed by atoms with Crippen LogP contribution >= 0.6 is 15.9 Å². The Hall–Kier alpha value is -2.73. The minimum atomic E-state index is -0.229. The fourth-order valence-corrected chi connectivity index (χ4v) is 2.63. The van der Waals surface area contributed by atoms with Crippen LogP contribution in [0.15, 0.2) is 59.3 Å². The van der Waals surface area contributed by atoms with Gasteiger partial charge < -0.3 is 10.6 Å². The molecule has 6 heteroatoms. The second-order valence-electron chi connectivity index (χ2n) is 5.65. The highest BCUT2D eigenvalue weighted by atomic mass is 79.9. The van der Waals surface area contributed by atoms with Crippen molar-refractivity contribution in [2.24, 2.45) is 0 Å². The zero-order chi connectivity index (χ0) is 17.8. The van der Waals surface area contributed by atoms with E-state index >= 15 is 0 Å². The van der Waals surface area contributed by atoms with Crippen LogP contribution in [0.25, 0.3) is 0 Å². The molecule has 0 aliphatic rings. The van der Waals surface area contributed by atoms with Crippen LogP contribution < -0.4 is 10.6 Å². The Labute approximate surface area is 154 Å². The number of rotatable bonds is 4. The van der Waals surface area contributed by atoms with Gasteiger partial charge in [-0.2, -0.15) is 0 Å². The lowest BCUT2D eigenvalue weighted by molar-refractivity contribution is 0.102. The van der Waals surface area contributed by atoms with Crippen molar-refractivity contribution in [1.29, 1.82) is 0 Å². The molecule has 0 aliphatic heterocycles. The summed E-state index contributed by atoms with van der Waals surface area (Å²) < 4.78 is 0.998. The van der Waals surface area contributed by atoms with Gasteiger partial charge >= 0.3 is 0 Å². The number of halogens is 1. The number of carbonyl (C=O) groups excluding carboxylic acids is 1. The normalized spacial score (nSPS) is 10.4. The van der Waals surface area contributed by atoms with Gasteiger partial charge in [-0.1, -0.05) is 34.1 Å². The molecule has 1 aromatic heterocycles. The van der Waals surface area contributed by atoms with Gasteiger partial charge in [0.25, 0.3) is 5.91 Å². The molecule has 0 spiro atoms. The van der Waals surface area contributed by atoms with Gasteiger partial charge in [0.15, 0.2) is 0 Å². The van der Waals surface area contributed by atoms with Crippen LogP contribution in [-0.2, 0) is 0 Å². The van der Waals surface area contributed by atoms with Gasteiger partial charge in [-0.05, 0) is 49.2 Å². The number of hydrogen-bond donors (Lipinski definition) is 2. The molecule has 2 N–H and O–H groups in total. The van der Waals surface area contributed by atoms with Crippen molar-refractivity contribution in [1.82, 2.24) is 9.97 Å². The lowest BCUT2D eigenvalue weighted by Crippen LogP contribution is -2.14. The summed E-state index contributed by atoms with van der Waals surface area (Å²) in [6.07, 6.45) is 3.02. The van der Waals surface area contributed by atoms with E-state index in [2.05, 4.69) is 36.5 Å². The average Bonchev–Trinajstić information content (AvgIpc) is 2.61. The SMILES string of the molecule is Cc1cccc(C)c1NC(=O)c1cnc(Nc2ccc(Br)cc2)nc1. The maximum atomic E-state index is 12.4. The molecular weight excluding hydrogens is 380 g/mol. The molecule has 0 atom stereocenters. The van der Waals surface area contributed by atoms with Gasteiger partial charge in [-0.15, -0.1) is 0 Å². The van der Waals surface area contributed by atoms with E-state index in [0.717, 1.165) is 27.0 Å². The zero-order valence-electron chi connectivity index (χ0n) is 13.9. The van der Waals surface area contributed by atoms with E-state index in [0.29, 0.717) is 11.5 Å². The average molecular weight is 397 g/mol. The first-order valence-electron chi connectivity index (χ1n) is 7.75. The number of aryl methyl sites for hydroxylation is 2. The molecule has 3 rings (SSSR count). The molecule has 0 fully saturated rings. The smallest absolute Gasteiger partial charge is 0.258 e. The van der Waals surface area contributed by atoms with E-state index in [-0.39, 0.29) is 5.91 Å². The van der Waals surface area contributed by atoms with E-state index in [1.807, 2.05) is 56.3 Å². The highest BCUT2D eigenvalue weighted by Crippen LogP contribution is 2.20. The van der Waals surface area contributed by atoms with Crippen LogP contribution in [0.4, 0.5) is 17.3 Å². The summed E-state index contributed by atoms with van der Waals surface area (Å²) in [4.78, 5) is 20.8. The predicted octanol–water partition coefficient (Wildman–Crippen LogP) is 4.85. The first-order valence-corrected chi connectivity index (χ1v) is 8.54. The minimum absolute atomic E-state index is 0.229. The Bertz CT molecular complexity index is 872. The maximum absolute atomic E-state index is 12.4. The fraction of sp³-hybridized carbons (Fsp3) is 0.105. The van der Waals surface area contributed by atoms with Gasteiger partial charge in [-0.25, -0.2) is 9.97 Å². The number of nitrogens with zero attached hydrogens (tertiary/aromatic N) is 2. The Morgan fingerprint density at radius 2 is 1.56 bits per heavy atom. The quantitative estimate of drug-likeness (QED) is 0.661. The predicted molar refractivity (Wildman–Crippen MR) is 103 cm³/mol. The second-order valence-corrected chi connectivity index (χ2v) is 6.56. The third-order valence-corrected chi connectivity index (χ3v) is 4.26. The monoisotopic (exact) mass is 396 g/mol. The first-order chi connectivity index (χ1) is 12.0. The first kappa shape index (κ1) is 17.1. The van der Waals surface area contributed by atoms with Crippen molar-refractivity contribution in [2.75, 3.05) is 10.6 Å². The molecule has 3 aromatic rings. The van der Waals surface area contributed by atoms with Crippen molar-refractivity contribution in [2.45, 2.75) is 13.8 Å². The van der Waals surface area contributed by atoms with Gasteiger partial charge in [-0.3, -0.25) is 4.79 Å². The lowest BCUT2D eigenvalue weighted by Gasteiger charge is -2.11. The molecule has 5 nitrogen and oxygen atoms in total. The molecule has 1 heterocycles. The highest BCUT2D eigenvalue weighted by Gasteiger charge is 2.11. The van der Waals surface area contributed by atoms with Crippen molar-refractivity contribution in [3.63, 3.8) is 0 Å². The van der Waals surface area contributed by atoms with Crippen molar-refractivity contribution < 1.29 is 4.79 Å². The third-order valence-electron chi connectivity index (χ3n) is 3.73. The molecule has 25 heavy (non-hydrogen) atoms. The van der Waals surface area contributed by atoms with E-state index in [9.17, 15) is 4.79 Å². The Morgan fingerprint density at radius 3 is 2.16 bits per heavy atom. The van der Waals surface area contributed by atoms with E-state index in [4.69, 9.17) is 0 Å². The summed E-state index contributed by atoms with van der Waals surface area (Å²) in [5.41, 5.74) is 4.13. The highest BCUT2D eigenvalue weighted by molar-refractivity contribution is 9.10. The second kappa shape index (κ2) is 7.44. The van der Waals surface area contributed by atoms with Crippen LogP contribution in [0.1, 0.15) is 21.5 Å². The summed E-state index contributed by atoms with van der Waals surface area (Å²) >= 11 is 3.39. The van der Waals surface area contributed by atoms with Gasteiger partial charge in [0.05, 0.1) is 5.56 Å². The largest absolute Gasteiger partial charge is 0.324 e. The summed E-state index contributed by atoms with van der Waals surface area (Å²) in [6.45, 7) is 3.93. The topological polar surface area (TPSA) is 66.9 Å². The fourth-order valence-electron chi connectivity index (χ4n) is 2.37. The number of aromatic nitrogens is 2. The molecule has 0 saturated carbocycles.